The Morgan fingerprint density at radius 1 is 1.21 bits per heavy atom. The monoisotopic (exact) mass is 386 g/mol. The summed E-state index contributed by atoms with van der Waals surface area (Å²) in [5.41, 5.74) is 1.28. The first-order valence-electron chi connectivity index (χ1n) is 5.30. The number of halogens is 2. The topological polar surface area (TPSA) is 55.5 Å². The summed E-state index contributed by atoms with van der Waals surface area (Å²) in [7, 11) is 0. The van der Waals surface area contributed by atoms with Gasteiger partial charge in [0, 0.05) is 32.5 Å². The minimum absolute atomic E-state index is 0.00606. The van der Waals surface area contributed by atoms with Crippen LogP contribution in [0.4, 0.5) is 11.4 Å². The normalized spacial score (nSPS) is 10.8. The van der Waals surface area contributed by atoms with Crippen LogP contribution in [0.2, 0.25) is 5.02 Å². The van der Waals surface area contributed by atoms with E-state index in [0.717, 1.165) is 9.26 Å². The second kappa shape index (κ2) is 6.12. The van der Waals surface area contributed by atoms with Crippen LogP contribution in [-0.4, -0.2) is 11.1 Å². The Labute approximate surface area is 128 Å². The molecule has 0 fully saturated rings. The van der Waals surface area contributed by atoms with E-state index in [-0.39, 0.29) is 5.69 Å². The Morgan fingerprint density at radius 3 is 2.53 bits per heavy atom. The van der Waals surface area contributed by atoms with E-state index in [1.807, 2.05) is 24.3 Å². The fourth-order valence-corrected chi connectivity index (χ4v) is 1.94. The maximum Gasteiger partial charge on any atom is 0.270 e. The standard InChI is InChI=1S/C13H8ClIN2O2/c14-13-6-5-12(17(18)19)7-9(13)8-16-11-3-1-10(15)2-4-11/h1-8H. The van der Waals surface area contributed by atoms with Gasteiger partial charge in [0.05, 0.1) is 10.6 Å². The van der Waals surface area contributed by atoms with Crippen LogP contribution in [0.5, 0.6) is 0 Å². The molecule has 0 aliphatic carbocycles. The molecule has 0 unspecified atom stereocenters. The number of nitrogens with zero attached hydrogens (tertiary/aromatic N) is 2. The number of hydrogen-bond donors (Lipinski definition) is 0. The van der Waals surface area contributed by atoms with Crippen LogP contribution in [-0.2, 0) is 0 Å². The average Bonchev–Trinajstić information content (AvgIpc) is 2.39. The predicted molar refractivity (Wildman–Crippen MR) is 84.5 cm³/mol. The van der Waals surface area contributed by atoms with Crippen molar-refractivity contribution in [3.63, 3.8) is 0 Å². The van der Waals surface area contributed by atoms with E-state index >= 15 is 0 Å². The first-order valence-corrected chi connectivity index (χ1v) is 6.75. The van der Waals surface area contributed by atoms with Crippen molar-refractivity contribution in [1.29, 1.82) is 0 Å². The van der Waals surface area contributed by atoms with Crippen molar-refractivity contribution in [3.8, 4) is 0 Å². The zero-order valence-electron chi connectivity index (χ0n) is 9.59. The molecule has 0 N–H and O–H groups in total. The van der Waals surface area contributed by atoms with Crippen LogP contribution >= 0.6 is 34.2 Å². The molecule has 2 aromatic rings. The second-order valence-corrected chi connectivity index (χ2v) is 5.35. The lowest BCUT2D eigenvalue weighted by Crippen LogP contribution is -1.90. The van der Waals surface area contributed by atoms with Gasteiger partial charge in [-0.1, -0.05) is 11.6 Å². The summed E-state index contributed by atoms with van der Waals surface area (Å²) in [6.07, 6.45) is 1.53. The van der Waals surface area contributed by atoms with Crippen molar-refractivity contribution in [1.82, 2.24) is 0 Å². The molecule has 0 saturated carbocycles. The summed E-state index contributed by atoms with van der Waals surface area (Å²) < 4.78 is 1.12. The smallest absolute Gasteiger partial charge is 0.258 e. The first-order chi connectivity index (χ1) is 9.06. The van der Waals surface area contributed by atoms with E-state index in [9.17, 15) is 10.1 Å². The second-order valence-electron chi connectivity index (χ2n) is 3.70. The van der Waals surface area contributed by atoms with E-state index in [4.69, 9.17) is 11.6 Å². The van der Waals surface area contributed by atoms with Gasteiger partial charge < -0.3 is 0 Å². The average molecular weight is 387 g/mol. The molecule has 0 aliphatic rings. The van der Waals surface area contributed by atoms with Crippen LogP contribution in [0, 0.1) is 13.7 Å². The number of non-ortho nitro benzene ring substituents is 1. The molecule has 0 aromatic heterocycles. The van der Waals surface area contributed by atoms with E-state index in [1.165, 1.54) is 24.4 Å². The Bertz CT molecular complexity index is 642. The van der Waals surface area contributed by atoms with E-state index < -0.39 is 4.92 Å². The molecular weight excluding hydrogens is 379 g/mol. The Hall–Kier alpha value is -1.47. The summed E-state index contributed by atoms with van der Waals surface area (Å²) >= 11 is 8.18. The lowest BCUT2D eigenvalue weighted by molar-refractivity contribution is -0.384. The van der Waals surface area contributed by atoms with Gasteiger partial charge in [0.1, 0.15) is 0 Å². The molecule has 6 heteroatoms. The maximum absolute atomic E-state index is 10.7. The lowest BCUT2D eigenvalue weighted by Gasteiger charge is -1.98. The first kappa shape index (κ1) is 14.0. The molecule has 0 aliphatic heterocycles. The van der Waals surface area contributed by atoms with Crippen LogP contribution < -0.4 is 0 Å². The van der Waals surface area contributed by atoms with Gasteiger partial charge in [-0.15, -0.1) is 0 Å². The highest BCUT2D eigenvalue weighted by molar-refractivity contribution is 14.1. The molecule has 0 bridgehead atoms. The molecule has 96 valence electrons. The molecule has 0 atom stereocenters. The van der Waals surface area contributed by atoms with Gasteiger partial charge in [0.15, 0.2) is 0 Å². The molecule has 0 radical (unpaired) electrons. The summed E-state index contributed by atoms with van der Waals surface area (Å²) in [5, 5.41) is 11.1. The molecule has 4 nitrogen and oxygen atoms in total. The predicted octanol–water partition coefficient (Wildman–Crippen LogP) is 4.60. The van der Waals surface area contributed by atoms with Gasteiger partial charge >= 0.3 is 0 Å². The van der Waals surface area contributed by atoms with Crippen LogP contribution in [0.1, 0.15) is 5.56 Å². The van der Waals surface area contributed by atoms with E-state index in [1.54, 1.807) is 0 Å². The number of rotatable bonds is 3. The third-order valence-electron chi connectivity index (χ3n) is 2.37. The van der Waals surface area contributed by atoms with Gasteiger partial charge in [-0.3, -0.25) is 15.1 Å². The van der Waals surface area contributed by atoms with Crippen molar-refractivity contribution in [2.24, 2.45) is 4.99 Å². The quantitative estimate of drug-likeness (QED) is 0.335. The van der Waals surface area contributed by atoms with Crippen molar-refractivity contribution >= 4 is 51.8 Å². The fourth-order valence-electron chi connectivity index (χ4n) is 1.41. The van der Waals surface area contributed by atoms with Gasteiger partial charge in [0.2, 0.25) is 0 Å². The van der Waals surface area contributed by atoms with Crippen molar-refractivity contribution < 1.29 is 4.92 Å². The lowest BCUT2D eigenvalue weighted by atomic mass is 10.2. The molecule has 0 spiro atoms. The van der Waals surface area contributed by atoms with E-state index in [0.29, 0.717) is 10.6 Å². The minimum Gasteiger partial charge on any atom is -0.258 e. The largest absolute Gasteiger partial charge is 0.270 e. The Balaban J connectivity index is 2.29. The SMILES string of the molecule is O=[N+]([O-])c1ccc(Cl)c(C=Nc2ccc(I)cc2)c1. The summed E-state index contributed by atoms with van der Waals surface area (Å²) in [6.45, 7) is 0. The summed E-state index contributed by atoms with van der Waals surface area (Å²) in [6, 6.07) is 11.9. The molecule has 0 amide bonds. The molecule has 2 aromatic carbocycles. The summed E-state index contributed by atoms with van der Waals surface area (Å²) in [4.78, 5) is 14.5. The van der Waals surface area contributed by atoms with Crippen LogP contribution in [0.3, 0.4) is 0 Å². The van der Waals surface area contributed by atoms with Crippen molar-refractivity contribution in [2.75, 3.05) is 0 Å². The van der Waals surface area contributed by atoms with Gasteiger partial charge in [-0.25, -0.2) is 0 Å². The highest BCUT2D eigenvalue weighted by Crippen LogP contribution is 2.21. The highest BCUT2D eigenvalue weighted by atomic mass is 127. The van der Waals surface area contributed by atoms with Crippen molar-refractivity contribution in [3.05, 3.63) is 66.7 Å². The highest BCUT2D eigenvalue weighted by Gasteiger charge is 2.08. The van der Waals surface area contributed by atoms with Gasteiger partial charge in [-0.2, -0.15) is 0 Å². The number of nitro benzene ring substituents is 1. The molecule has 19 heavy (non-hydrogen) atoms. The van der Waals surface area contributed by atoms with Crippen LogP contribution in [0.25, 0.3) is 0 Å². The van der Waals surface area contributed by atoms with E-state index in [2.05, 4.69) is 27.6 Å². The molecular formula is C13H8ClIN2O2. The van der Waals surface area contributed by atoms with Crippen molar-refractivity contribution in [2.45, 2.75) is 0 Å². The Morgan fingerprint density at radius 2 is 1.89 bits per heavy atom. The number of hydrogen-bond acceptors (Lipinski definition) is 3. The minimum atomic E-state index is -0.460. The number of aliphatic imine (C=N–C) groups is 1. The Kier molecular flexibility index (Phi) is 4.49. The molecule has 0 saturated heterocycles. The third kappa shape index (κ3) is 3.74. The van der Waals surface area contributed by atoms with Crippen LogP contribution in [0.15, 0.2) is 47.5 Å². The summed E-state index contributed by atoms with van der Waals surface area (Å²) in [5.74, 6) is 0. The third-order valence-corrected chi connectivity index (χ3v) is 3.43. The van der Waals surface area contributed by atoms with Gasteiger partial charge in [-0.05, 0) is 52.9 Å². The van der Waals surface area contributed by atoms with Gasteiger partial charge in [0.25, 0.3) is 5.69 Å². The number of benzene rings is 2. The fraction of sp³-hybridized carbons (Fsp3) is 0. The molecule has 2 rings (SSSR count). The number of nitro groups is 1. The molecule has 0 heterocycles. The zero-order chi connectivity index (χ0) is 13.8. The zero-order valence-corrected chi connectivity index (χ0v) is 12.5. The maximum atomic E-state index is 10.7.